The molecule has 0 saturated carbocycles. The minimum Gasteiger partial charge on any atom is -0.369 e. The molecule has 0 unspecified atom stereocenters. The van der Waals surface area contributed by atoms with E-state index in [0.29, 0.717) is 0 Å². The molecule has 4 N–H and O–H groups in total. The van der Waals surface area contributed by atoms with Gasteiger partial charge in [0, 0.05) is 21.6 Å². The van der Waals surface area contributed by atoms with Gasteiger partial charge in [0.2, 0.25) is 11.8 Å². The van der Waals surface area contributed by atoms with Crippen LogP contribution in [0.4, 0.5) is 0 Å². The van der Waals surface area contributed by atoms with Crippen molar-refractivity contribution in [1.29, 1.82) is 0 Å². The van der Waals surface area contributed by atoms with Gasteiger partial charge in [-0.25, -0.2) is 0 Å². The van der Waals surface area contributed by atoms with Crippen molar-refractivity contribution in [1.82, 2.24) is 0 Å². The second-order valence-electron chi connectivity index (χ2n) is 8.39. The van der Waals surface area contributed by atoms with Gasteiger partial charge < -0.3 is 11.5 Å². The Kier molecular flexibility index (Phi) is 11.1. The third-order valence-electron chi connectivity index (χ3n) is 5.50. The van der Waals surface area contributed by atoms with Gasteiger partial charge in [0.05, 0.1) is 10.5 Å². The lowest BCUT2D eigenvalue weighted by atomic mass is 10.0. The SMILES string of the molecule is NC(=O)C[S@@](=O)C(c1ccccc1)c1ccccc1.NC(=O)C[S@](=O)C(c1ccccc1)c1ccccc1. The quantitative estimate of drug-likeness (QED) is 0.312. The summed E-state index contributed by atoms with van der Waals surface area (Å²) in [5, 5.41) is -0.648. The highest BCUT2D eigenvalue weighted by atomic mass is 32.2. The fraction of sp³-hybridized carbons (Fsp3) is 0.133. The second kappa shape index (κ2) is 14.8. The lowest BCUT2D eigenvalue weighted by Gasteiger charge is -2.16. The minimum atomic E-state index is -1.36. The van der Waals surface area contributed by atoms with Crippen LogP contribution in [0.25, 0.3) is 0 Å². The monoisotopic (exact) mass is 546 g/mol. The predicted octanol–water partition coefficient (Wildman–Crippen LogP) is 4.02. The van der Waals surface area contributed by atoms with Crippen LogP contribution in [0.15, 0.2) is 121 Å². The fourth-order valence-electron chi connectivity index (χ4n) is 3.95. The summed E-state index contributed by atoms with van der Waals surface area (Å²) in [6.07, 6.45) is 0. The van der Waals surface area contributed by atoms with Crippen LogP contribution < -0.4 is 11.5 Å². The van der Waals surface area contributed by atoms with Crippen LogP contribution in [0, 0.1) is 0 Å². The van der Waals surface area contributed by atoms with Gasteiger partial charge in [-0.15, -0.1) is 0 Å². The molecule has 0 bridgehead atoms. The number of nitrogens with two attached hydrogens (primary N) is 2. The Bertz CT molecular complexity index is 1170. The molecule has 0 fully saturated rings. The van der Waals surface area contributed by atoms with E-state index in [-0.39, 0.29) is 22.0 Å². The third kappa shape index (κ3) is 8.61. The summed E-state index contributed by atoms with van der Waals surface area (Å²) in [6, 6.07) is 38.1. The molecule has 196 valence electrons. The molecule has 0 aliphatic heterocycles. The summed E-state index contributed by atoms with van der Waals surface area (Å²) in [7, 11) is -2.73. The summed E-state index contributed by atoms with van der Waals surface area (Å²) in [6.45, 7) is 0. The molecule has 0 radical (unpaired) electrons. The Balaban J connectivity index is 0.000000211. The molecule has 8 heteroatoms. The van der Waals surface area contributed by atoms with Crippen LogP contribution in [0.3, 0.4) is 0 Å². The first kappa shape index (κ1) is 28.7. The Hall–Kier alpha value is -3.88. The van der Waals surface area contributed by atoms with Crippen LogP contribution in [0.5, 0.6) is 0 Å². The number of amides is 2. The maximum Gasteiger partial charge on any atom is 0.230 e. The minimum absolute atomic E-state index is 0.131. The van der Waals surface area contributed by atoms with E-state index in [1.54, 1.807) is 0 Å². The van der Waals surface area contributed by atoms with E-state index in [9.17, 15) is 18.0 Å². The number of carbonyl (C=O) groups excluding carboxylic acids is 2. The summed E-state index contributed by atoms with van der Waals surface area (Å²) in [4.78, 5) is 22.0. The molecular weight excluding hydrogens is 516 g/mol. The van der Waals surface area contributed by atoms with Crippen molar-refractivity contribution in [3.8, 4) is 0 Å². The molecule has 0 aromatic heterocycles. The van der Waals surface area contributed by atoms with E-state index in [4.69, 9.17) is 11.5 Å². The van der Waals surface area contributed by atoms with Crippen molar-refractivity contribution in [2.75, 3.05) is 11.5 Å². The lowest BCUT2D eigenvalue weighted by Crippen LogP contribution is -2.23. The van der Waals surface area contributed by atoms with Gasteiger partial charge >= 0.3 is 0 Å². The fourth-order valence-corrected chi connectivity index (χ4v) is 6.69. The van der Waals surface area contributed by atoms with Crippen LogP contribution in [0.2, 0.25) is 0 Å². The van der Waals surface area contributed by atoms with Gasteiger partial charge in [-0.1, -0.05) is 121 Å². The summed E-state index contributed by atoms with van der Waals surface area (Å²) in [5.74, 6) is -1.35. The normalized spacial score (nSPS) is 12.3. The maximum absolute atomic E-state index is 12.4. The van der Waals surface area contributed by atoms with Gasteiger partial charge in [0.1, 0.15) is 11.5 Å². The van der Waals surface area contributed by atoms with E-state index in [2.05, 4.69) is 0 Å². The third-order valence-corrected chi connectivity index (χ3v) is 8.78. The van der Waals surface area contributed by atoms with E-state index in [1.807, 2.05) is 121 Å². The number of primary amides is 2. The second-order valence-corrected chi connectivity index (χ2v) is 11.4. The number of rotatable bonds is 10. The lowest BCUT2D eigenvalue weighted by molar-refractivity contribution is -0.116. The van der Waals surface area contributed by atoms with Gasteiger partial charge in [-0.3, -0.25) is 18.0 Å². The van der Waals surface area contributed by atoms with Crippen LogP contribution in [0.1, 0.15) is 32.8 Å². The predicted molar refractivity (Wildman–Crippen MR) is 154 cm³/mol. The number of carbonyl (C=O) groups is 2. The van der Waals surface area contributed by atoms with Crippen molar-refractivity contribution in [3.05, 3.63) is 144 Å². The zero-order valence-electron chi connectivity index (χ0n) is 20.7. The van der Waals surface area contributed by atoms with Crippen LogP contribution in [-0.2, 0) is 31.2 Å². The van der Waals surface area contributed by atoms with Gasteiger partial charge in [0.15, 0.2) is 0 Å². The standard InChI is InChI=1S/2C15H15NO2S/c2*16-14(17)11-19(18)15(12-7-3-1-4-8-12)13-9-5-2-6-10-13/h2*1-10,15H,11H2,(H2,16,17)/t2*19-/m10/s1. The van der Waals surface area contributed by atoms with Crippen molar-refractivity contribution in [2.24, 2.45) is 11.5 Å². The average Bonchev–Trinajstić information content (AvgIpc) is 2.91. The van der Waals surface area contributed by atoms with Gasteiger partial charge in [-0.05, 0) is 22.3 Å². The molecule has 0 heterocycles. The summed E-state index contributed by atoms with van der Waals surface area (Å²) >= 11 is 0. The largest absolute Gasteiger partial charge is 0.369 e. The molecule has 4 rings (SSSR count). The molecule has 0 aliphatic carbocycles. The van der Waals surface area contributed by atoms with Crippen molar-refractivity contribution >= 4 is 33.4 Å². The highest BCUT2D eigenvalue weighted by Gasteiger charge is 2.23. The van der Waals surface area contributed by atoms with E-state index in [1.165, 1.54) is 0 Å². The zero-order valence-corrected chi connectivity index (χ0v) is 22.4. The van der Waals surface area contributed by atoms with E-state index >= 15 is 0 Å². The van der Waals surface area contributed by atoms with Crippen LogP contribution in [-0.4, -0.2) is 31.7 Å². The molecule has 0 spiro atoms. The molecule has 38 heavy (non-hydrogen) atoms. The zero-order chi connectivity index (χ0) is 27.3. The molecule has 2 amide bonds. The number of benzene rings is 4. The molecule has 0 saturated heterocycles. The molecule has 4 aromatic carbocycles. The Morgan fingerprint density at radius 1 is 0.474 bits per heavy atom. The average molecular weight is 547 g/mol. The highest BCUT2D eigenvalue weighted by molar-refractivity contribution is 7.86. The first-order valence-electron chi connectivity index (χ1n) is 11.9. The maximum atomic E-state index is 12.4. The molecule has 2 atom stereocenters. The first-order chi connectivity index (χ1) is 18.4. The molecule has 0 aliphatic rings. The number of hydrogen-bond donors (Lipinski definition) is 2. The van der Waals surface area contributed by atoms with Gasteiger partial charge in [0.25, 0.3) is 0 Å². The Labute approximate surface area is 228 Å². The van der Waals surface area contributed by atoms with E-state index < -0.39 is 33.4 Å². The van der Waals surface area contributed by atoms with Gasteiger partial charge in [-0.2, -0.15) is 0 Å². The topological polar surface area (TPSA) is 120 Å². The Morgan fingerprint density at radius 2 is 0.684 bits per heavy atom. The summed E-state index contributed by atoms with van der Waals surface area (Å²) < 4.78 is 24.7. The Morgan fingerprint density at radius 3 is 0.868 bits per heavy atom. The first-order valence-corrected chi connectivity index (χ1v) is 14.6. The molecular formula is C30H30N2O4S2. The van der Waals surface area contributed by atoms with Crippen molar-refractivity contribution < 1.29 is 18.0 Å². The smallest absolute Gasteiger partial charge is 0.230 e. The molecule has 4 aromatic rings. The van der Waals surface area contributed by atoms with Crippen molar-refractivity contribution in [2.45, 2.75) is 10.5 Å². The van der Waals surface area contributed by atoms with E-state index in [0.717, 1.165) is 22.3 Å². The highest BCUT2D eigenvalue weighted by Crippen LogP contribution is 2.29. The van der Waals surface area contributed by atoms with Crippen molar-refractivity contribution in [3.63, 3.8) is 0 Å². The summed E-state index contributed by atoms with van der Waals surface area (Å²) in [5.41, 5.74) is 14.0. The number of hydrogen-bond acceptors (Lipinski definition) is 4. The molecule has 6 nitrogen and oxygen atoms in total. The van der Waals surface area contributed by atoms with Crippen LogP contribution >= 0.6 is 0 Å².